The number of benzene rings is 1. The number of pyridine rings is 1. The van der Waals surface area contributed by atoms with Crippen molar-refractivity contribution in [3.63, 3.8) is 0 Å². The second kappa shape index (κ2) is 11.2. The van der Waals surface area contributed by atoms with Gasteiger partial charge in [-0.25, -0.2) is 4.98 Å². The molecule has 1 aromatic carbocycles. The highest BCUT2D eigenvalue weighted by Gasteiger charge is 2.41. The van der Waals surface area contributed by atoms with E-state index in [1.807, 2.05) is 57.4 Å². The lowest BCUT2D eigenvalue weighted by atomic mass is 9.70. The van der Waals surface area contributed by atoms with Crippen molar-refractivity contribution in [1.82, 2.24) is 19.7 Å². The fourth-order valence-electron chi connectivity index (χ4n) is 6.54. The number of fused-ring (bicyclic) bond motifs is 1. The standard InChI is InChI=1S/C32H44N6O2/c1-21-26(13-14-27-30(21)35-37(6)36(27)5)29(32(3,4)31(39)40)24-18-25(22(2)34-19-24)20-38-16-15-33-28(38)17-23-11-9-7-8-10-12-23/h13-16,18-19,23,29,35H,7-12,17,20H2,1-6H3,(H,39,40). The van der Waals surface area contributed by atoms with E-state index in [1.54, 1.807) is 0 Å². The normalized spacial score (nSPS) is 17.4. The monoisotopic (exact) mass is 544 g/mol. The van der Waals surface area contributed by atoms with Crippen LogP contribution in [0, 0.1) is 25.2 Å². The number of aromatic nitrogens is 3. The van der Waals surface area contributed by atoms with E-state index in [2.05, 4.69) is 41.3 Å². The predicted octanol–water partition coefficient (Wildman–Crippen LogP) is 6.32. The van der Waals surface area contributed by atoms with Crippen molar-refractivity contribution >= 4 is 17.3 Å². The Morgan fingerprint density at radius 3 is 2.55 bits per heavy atom. The molecule has 8 nitrogen and oxygen atoms in total. The van der Waals surface area contributed by atoms with Crippen molar-refractivity contribution in [1.29, 1.82) is 0 Å². The van der Waals surface area contributed by atoms with Crippen LogP contribution in [0.3, 0.4) is 0 Å². The molecule has 0 saturated heterocycles. The number of carboxylic acids is 1. The summed E-state index contributed by atoms with van der Waals surface area (Å²) in [7, 11) is 3.97. The SMILES string of the molecule is Cc1ncc(C(c2ccc3c(c2C)NN(C)N3C)C(C)(C)C(=O)O)cc1Cn1ccnc1CC1CCCCCC1. The molecule has 2 N–H and O–H groups in total. The Kier molecular flexibility index (Phi) is 7.91. The van der Waals surface area contributed by atoms with Crippen LogP contribution >= 0.6 is 0 Å². The number of aliphatic carboxylic acids is 1. The molecular weight excluding hydrogens is 500 g/mol. The van der Waals surface area contributed by atoms with Gasteiger partial charge in [-0.05, 0) is 61.9 Å². The van der Waals surface area contributed by atoms with Crippen LogP contribution in [0.15, 0.2) is 36.8 Å². The lowest BCUT2D eigenvalue weighted by Gasteiger charge is -2.33. The highest BCUT2D eigenvalue weighted by molar-refractivity contribution is 5.80. The summed E-state index contributed by atoms with van der Waals surface area (Å²) < 4.78 is 2.26. The third kappa shape index (κ3) is 5.33. The van der Waals surface area contributed by atoms with E-state index in [0.717, 1.165) is 51.6 Å². The minimum Gasteiger partial charge on any atom is -0.481 e. The number of hydrazine groups is 2. The van der Waals surface area contributed by atoms with Gasteiger partial charge in [-0.15, -0.1) is 5.12 Å². The number of imidazole rings is 1. The first-order valence-electron chi connectivity index (χ1n) is 14.6. The van der Waals surface area contributed by atoms with Gasteiger partial charge in [-0.1, -0.05) is 50.7 Å². The first-order chi connectivity index (χ1) is 19.1. The van der Waals surface area contributed by atoms with Crippen molar-refractivity contribution in [2.45, 2.75) is 85.1 Å². The zero-order chi connectivity index (χ0) is 28.6. The number of anilines is 2. The van der Waals surface area contributed by atoms with Gasteiger partial charge in [0.25, 0.3) is 0 Å². The topological polar surface area (TPSA) is 86.5 Å². The van der Waals surface area contributed by atoms with E-state index < -0.39 is 11.4 Å². The summed E-state index contributed by atoms with van der Waals surface area (Å²) >= 11 is 0. The Morgan fingerprint density at radius 2 is 1.85 bits per heavy atom. The van der Waals surface area contributed by atoms with Crippen molar-refractivity contribution < 1.29 is 9.90 Å². The molecule has 40 heavy (non-hydrogen) atoms. The van der Waals surface area contributed by atoms with Crippen LogP contribution in [0.2, 0.25) is 0 Å². The lowest BCUT2D eigenvalue weighted by Crippen LogP contribution is -2.34. The molecule has 0 radical (unpaired) electrons. The molecule has 5 rings (SSSR count). The van der Waals surface area contributed by atoms with Gasteiger partial charge < -0.3 is 9.67 Å². The van der Waals surface area contributed by atoms with Crippen LogP contribution in [0.25, 0.3) is 0 Å². The van der Waals surface area contributed by atoms with E-state index in [1.165, 1.54) is 38.5 Å². The van der Waals surface area contributed by atoms with E-state index in [0.29, 0.717) is 12.5 Å². The summed E-state index contributed by atoms with van der Waals surface area (Å²) in [5.41, 5.74) is 9.47. The average molecular weight is 545 g/mol. The third-order valence-corrected chi connectivity index (χ3v) is 9.28. The molecule has 0 spiro atoms. The number of hydrogen-bond acceptors (Lipinski definition) is 6. The van der Waals surface area contributed by atoms with Gasteiger partial charge in [-0.3, -0.25) is 20.2 Å². The molecule has 0 bridgehead atoms. The van der Waals surface area contributed by atoms with E-state index >= 15 is 0 Å². The maximum Gasteiger partial charge on any atom is 0.310 e. The Morgan fingerprint density at radius 1 is 1.12 bits per heavy atom. The molecule has 1 fully saturated rings. The molecule has 3 heterocycles. The maximum atomic E-state index is 12.7. The minimum atomic E-state index is -1.05. The largest absolute Gasteiger partial charge is 0.481 e. The maximum absolute atomic E-state index is 12.7. The molecule has 8 heteroatoms. The fourth-order valence-corrected chi connectivity index (χ4v) is 6.54. The number of hydrogen-bond donors (Lipinski definition) is 2. The van der Waals surface area contributed by atoms with Gasteiger partial charge in [0.1, 0.15) is 5.82 Å². The second-order valence-electron chi connectivity index (χ2n) is 12.3. The van der Waals surface area contributed by atoms with Crippen molar-refractivity contribution in [2.24, 2.45) is 11.3 Å². The summed E-state index contributed by atoms with van der Waals surface area (Å²) in [4.78, 5) is 22.2. The summed E-state index contributed by atoms with van der Waals surface area (Å²) in [5.74, 6) is 0.618. The molecule has 1 saturated carbocycles. The van der Waals surface area contributed by atoms with Gasteiger partial charge in [0.05, 0.1) is 23.3 Å². The van der Waals surface area contributed by atoms with Crippen LogP contribution in [0.5, 0.6) is 0 Å². The van der Waals surface area contributed by atoms with Crippen LogP contribution in [-0.4, -0.2) is 44.8 Å². The Labute approximate surface area is 238 Å². The van der Waals surface area contributed by atoms with E-state index in [-0.39, 0.29) is 5.92 Å². The zero-order valence-electron chi connectivity index (χ0n) is 24.9. The van der Waals surface area contributed by atoms with Crippen LogP contribution in [-0.2, 0) is 17.8 Å². The number of aryl methyl sites for hydroxylation is 1. The van der Waals surface area contributed by atoms with Crippen LogP contribution in [0.1, 0.15) is 92.1 Å². The molecule has 1 aliphatic carbocycles. The van der Waals surface area contributed by atoms with Gasteiger partial charge in [-0.2, -0.15) is 0 Å². The third-order valence-electron chi connectivity index (χ3n) is 9.28. The van der Waals surface area contributed by atoms with E-state index in [9.17, 15) is 9.90 Å². The van der Waals surface area contributed by atoms with Gasteiger partial charge in [0.2, 0.25) is 0 Å². The summed E-state index contributed by atoms with van der Waals surface area (Å²) in [6.07, 6.45) is 14.8. The molecule has 2 aliphatic rings. The first-order valence-corrected chi connectivity index (χ1v) is 14.6. The highest BCUT2D eigenvalue weighted by Crippen LogP contribution is 2.47. The summed E-state index contributed by atoms with van der Waals surface area (Å²) in [6, 6.07) is 6.33. The predicted molar refractivity (Wildman–Crippen MR) is 159 cm³/mol. The van der Waals surface area contributed by atoms with Crippen molar-refractivity contribution in [3.8, 4) is 0 Å². The summed E-state index contributed by atoms with van der Waals surface area (Å²) in [5, 5.41) is 14.4. The average Bonchev–Trinajstić information content (AvgIpc) is 3.35. The molecule has 2 aromatic heterocycles. The lowest BCUT2D eigenvalue weighted by molar-refractivity contribution is -0.147. The number of carbonyl (C=O) groups is 1. The quantitative estimate of drug-likeness (QED) is 0.321. The molecule has 3 aromatic rings. The number of rotatable bonds is 8. The van der Waals surface area contributed by atoms with Crippen molar-refractivity contribution in [2.75, 3.05) is 24.5 Å². The number of nitrogens with zero attached hydrogens (tertiary/aromatic N) is 5. The smallest absolute Gasteiger partial charge is 0.310 e. The Hall–Kier alpha value is -3.39. The fraction of sp³-hybridized carbons (Fsp3) is 0.531. The number of nitrogens with one attached hydrogen (secondary N) is 1. The van der Waals surface area contributed by atoms with Crippen LogP contribution in [0.4, 0.5) is 11.4 Å². The molecule has 0 amide bonds. The number of carboxylic acid groups (broad SMARTS) is 1. The molecule has 1 unspecified atom stereocenters. The summed E-state index contributed by atoms with van der Waals surface area (Å²) in [6.45, 7) is 8.42. The molecular formula is C32H44N6O2. The molecule has 1 atom stereocenters. The van der Waals surface area contributed by atoms with Crippen molar-refractivity contribution in [3.05, 3.63) is 70.6 Å². The minimum absolute atomic E-state index is 0.381. The Balaban J connectivity index is 1.51. The molecule has 1 aliphatic heterocycles. The van der Waals surface area contributed by atoms with Gasteiger partial charge in [0, 0.05) is 50.7 Å². The van der Waals surface area contributed by atoms with E-state index in [4.69, 9.17) is 9.97 Å². The van der Waals surface area contributed by atoms with Crippen LogP contribution < -0.4 is 10.4 Å². The van der Waals surface area contributed by atoms with Gasteiger partial charge in [0.15, 0.2) is 0 Å². The zero-order valence-corrected chi connectivity index (χ0v) is 24.9. The molecule has 214 valence electrons. The first kappa shape index (κ1) is 28.1. The Bertz CT molecular complexity index is 1370. The highest BCUT2D eigenvalue weighted by atomic mass is 16.4. The van der Waals surface area contributed by atoms with Gasteiger partial charge >= 0.3 is 5.97 Å². The second-order valence-corrected chi connectivity index (χ2v) is 12.3.